The molecule has 3 aromatic rings. The minimum absolute atomic E-state index is 0.107. The molecule has 10 nitrogen and oxygen atoms in total. The smallest absolute Gasteiger partial charge is 0.356 e. The maximum Gasteiger partial charge on any atom is 0.356 e. The van der Waals surface area contributed by atoms with E-state index in [9.17, 15) is 22.8 Å². The van der Waals surface area contributed by atoms with Gasteiger partial charge in [0.15, 0.2) is 5.76 Å². The molecular weight excluding hydrogens is 554 g/mol. The molecule has 0 fully saturated rings. The Morgan fingerprint density at radius 3 is 2.27 bits per heavy atom. The molecule has 0 saturated carbocycles. The summed E-state index contributed by atoms with van der Waals surface area (Å²) in [6.07, 6.45) is 2.14. The lowest BCUT2D eigenvalue weighted by Crippen LogP contribution is -2.48. The first kappa shape index (κ1) is 30.9. The lowest BCUT2D eigenvalue weighted by Gasteiger charge is -2.32. The second-order valence-corrected chi connectivity index (χ2v) is 12.7. The van der Waals surface area contributed by atoms with Gasteiger partial charge in [-0.05, 0) is 47.6 Å². The summed E-state index contributed by atoms with van der Waals surface area (Å²) >= 11 is 1.28. The molecular formula is C28H35N3O7S2. The number of hydrogen-bond acceptors (Lipinski definition) is 8. The first-order valence-electron chi connectivity index (χ1n) is 12.8. The molecule has 0 radical (unpaired) electrons. The van der Waals surface area contributed by atoms with Crippen molar-refractivity contribution in [3.8, 4) is 11.1 Å². The first-order chi connectivity index (χ1) is 18.9. The first-order valence-corrected chi connectivity index (χ1v) is 15.1. The average Bonchev–Trinajstić information content (AvgIpc) is 3.57. The summed E-state index contributed by atoms with van der Waals surface area (Å²) in [4.78, 5) is 40.3. The van der Waals surface area contributed by atoms with Crippen molar-refractivity contribution < 1.29 is 32.0 Å². The van der Waals surface area contributed by atoms with E-state index in [2.05, 4.69) is 23.9 Å². The molecule has 2 N–H and O–H groups in total. The molecule has 0 aliphatic carbocycles. The normalized spacial score (nSPS) is 12.3. The Labute approximate surface area is 238 Å². The maximum atomic E-state index is 13.3. The topological polar surface area (TPSA) is 135 Å². The fraction of sp³-hybridized carbons (Fsp3) is 0.393. The number of thiophene rings is 1. The number of methoxy groups -OCH3 is 1. The van der Waals surface area contributed by atoms with Crippen LogP contribution >= 0.6 is 11.3 Å². The fourth-order valence-corrected chi connectivity index (χ4v) is 6.60. The van der Waals surface area contributed by atoms with Crippen LogP contribution in [0.2, 0.25) is 0 Å². The lowest BCUT2D eigenvalue weighted by molar-refractivity contribution is -0.148. The van der Waals surface area contributed by atoms with Crippen molar-refractivity contribution in [1.82, 2.24) is 10.2 Å². The van der Waals surface area contributed by atoms with Gasteiger partial charge in [0.05, 0.1) is 13.4 Å². The van der Waals surface area contributed by atoms with Crippen LogP contribution in [-0.2, 0) is 32.5 Å². The Morgan fingerprint density at radius 2 is 1.75 bits per heavy atom. The largest absolute Gasteiger partial charge is 0.467 e. The van der Waals surface area contributed by atoms with Crippen molar-refractivity contribution in [2.75, 3.05) is 18.9 Å². The van der Waals surface area contributed by atoms with Gasteiger partial charge in [0.1, 0.15) is 11.0 Å². The molecule has 0 aliphatic rings. The van der Waals surface area contributed by atoms with Crippen LogP contribution in [0.25, 0.3) is 11.1 Å². The van der Waals surface area contributed by atoms with Gasteiger partial charge >= 0.3 is 21.2 Å². The zero-order valence-electron chi connectivity index (χ0n) is 23.4. The number of sulfonamides is 1. The third-order valence-electron chi connectivity index (χ3n) is 6.09. The number of rotatable bonds is 11. The monoisotopic (exact) mass is 589 g/mol. The number of nitrogens with zero attached hydrogens (tertiary/aromatic N) is 1. The van der Waals surface area contributed by atoms with Crippen LogP contribution in [-0.4, -0.2) is 50.6 Å². The second-order valence-electron chi connectivity index (χ2n) is 10.0. The van der Waals surface area contributed by atoms with E-state index in [4.69, 9.17) is 9.15 Å². The van der Waals surface area contributed by atoms with Crippen LogP contribution in [0.5, 0.6) is 0 Å². The number of furan rings is 1. The number of benzene rings is 1. The molecule has 1 aromatic carbocycles. The van der Waals surface area contributed by atoms with Crippen LogP contribution in [0.3, 0.4) is 0 Å². The summed E-state index contributed by atoms with van der Waals surface area (Å²) in [7, 11) is -1.74. The van der Waals surface area contributed by atoms with E-state index in [1.165, 1.54) is 36.7 Å². The van der Waals surface area contributed by atoms with Crippen molar-refractivity contribution >= 4 is 43.5 Å². The zero-order valence-corrected chi connectivity index (χ0v) is 25.0. The van der Waals surface area contributed by atoms with E-state index < -0.39 is 33.2 Å². The number of nitrogens with one attached hydrogen (secondary N) is 2. The van der Waals surface area contributed by atoms with Crippen LogP contribution in [0.1, 0.15) is 48.7 Å². The molecule has 2 aromatic heterocycles. The summed E-state index contributed by atoms with van der Waals surface area (Å²) in [6, 6.07) is 11.5. The molecule has 40 heavy (non-hydrogen) atoms. The molecule has 2 heterocycles. The SMILES string of the molecule is CNC(=O)S(=O)(=O)Nc1sc(CC(C)C)cc1-c1ccc(CN(C(=O)c2ccco2)C(C(=O)OC)C(C)C)cc1. The van der Waals surface area contributed by atoms with Crippen LogP contribution < -0.4 is 10.0 Å². The second kappa shape index (κ2) is 13.1. The molecule has 2 amide bonds. The fourth-order valence-electron chi connectivity index (χ4n) is 4.24. The number of ether oxygens (including phenoxy) is 1. The van der Waals surface area contributed by atoms with Crippen LogP contribution in [0, 0.1) is 11.8 Å². The summed E-state index contributed by atoms with van der Waals surface area (Å²) in [5.41, 5.74) is 2.10. The lowest BCUT2D eigenvalue weighted by atomic mass is 10.00. The Kier molecular flexibility index (Phi) is 10.2. The minimum Gasteiger partial charge on any atom is -0.467 e. The number of carbonyl (C=O) groups excluding carboxylic acids is 3. The summed E-state index contributed by atoms with van der Waals surface area (Å²) < 4.78 is 37.7. The number of hydrogen-bond donors (Lipinski definition) is 2. The van der Waals surface area contributed by atoms with Gasteiger partial charge in [-0.15, -0.1) is 11.3 Å². The number of esters is 1. The van der Waals surface area contributed by atoms with Crippen molar-refractivity contribution in [3.63, 3.8) is 0 Å². The molecule has 3 rings (SSSR count). The summed E-state index contributed by atoms with van der Waals surface area (Å²) in [6.45, 7) is 7.91. The quantitative estimate of drug-likeness (QED) is 0.296. The van der Waals surface area contributed by atoms with Gasteiger partial charge in [-0.25, -0.2) is 4.79 Å². The van der Waals surface area contributed by atoms with Crippen LogP contribution in [0.15, 0.2) is 53.1 Å². The molecule has 0 spiro atoms. The molecule has 0 aliphatic heterocycles. The Hall–Kier alpha value is -3.64. The van der Waals surface area contributed by atoms with E-state index in [1.807, 2.05) is 44.2 Å². The highest BCUT2D eigenvalue weighted by Gasteiger charge is 2.35. The predicted molar refractivity (Wildman–Crippen MR) is 155 cm³/mol. The Morgan fingerprint density at radius 1 is 1.07 bits per heavy atom. The number of amides is 2. The van der Waals surface area contributed by atoms with Gasteiger partial charge in [-0.1, -0.05) is 52.0 Å². The Bertz CT molecular complexity index is 1430. The van der Waals surface area contributed by atoms with E-state index in [0.717, 1.165) is 22.4 Å². The molecule has 0 bridgehead atoms. The summed E-state index contributed by atoms with van der Waals surface area (Å²) in [5, 5.41) is 1.36. The highest BCUT2D eigenvalue weighted by molar-refractivity contribution is 8.07. The van der Waals surface area contributed by atoms with E-state index in [-0.39, 0.29) is 18.2 Å². The van der Waals surface area contributed by atoms with E-state index in [0.29, 0.717) is 16.5 Å². The van der Waals surface area contributed by atoms with E-state index in [1.54, 1.807) is 12.1 Å². The van der Waals surface area contributed by atoms with Gasteiger partial charge in [-0.3, -0.25) is 14.3 Å². The van der Waals surface area contributed by atoms with Crippen molar-refractivity contribution in [2.45, 2.75) is 46.7 Å². The Balaban J connectivity index is 1.97. The van der Waals surface area contributed by atoms with Crippen molar-refractivity contribution in [3.05, 3.63) is 64.9 Å². The molecule has 1 atom stereocenters. The van der Waals surface area contributed by atoms with Gasteiger partial charge in [-0.2, -0.15) is 8.42 Å². The van der Waals surface area contributed by atoms with Crippen LogP contribution in [0.4, 0.5) is 9.80 Å². The molecule has 0 saturated heterocycles. The third kappa shape index (κ3) is 7.30. The number of carbonyl (C=O) groups is 3. The van der Waals surface area contributed by atoms with E-state index >= 15 is 0 Å². The van der Waals surface area contributed by atoms with Crippen molar-refractivity contribution in [2.24, 2.45) is 11.8 Å². The molecule has 216 valence electrons. The van der Waals surface area contributed by atoms with Gasteiger partial charge in [0, 0.05) is 24.0 Å². The predicted octanol–water partition coefficient (Wildman–Crippen LogP) is 5.13. The highest BCUT2D eigenvalue weighted by atomic mass is 32.2. The molecule has 1 unspecified atom stereocenters. The van der Waals surface area contributed by atoms with Gasteiger partial charge < -0.3 is 19.4 Å². The summed E-state index contributed by atoms with van der Waals surface area (Å²) in [5.74, 6) is -0.753. The molecule has 12 heteroatoms. The minimum atomic E-state index is -4.28. The zero-order chi connectivity index (χ0) is 29.6. The maximum absolute atomic E-state index is 13.3. The number of anilines is 1. The highest BCUT2D eigenvalue weighted by Crippen LogP contribution is 2.38. The average molecular weight is 590 g/mol. The standard InChI is InChI=1S/C28H35N3O7S2/c1-17(2)14-21-15-22(25(39-21)30-40(35,36)28(34)29-5)20-11-9-19(10-12-20)16-31(24(18(3)4)27(33)37-6)26(32)23-8-7-13-38-23/h7-13,15,17-18,24,30H,14,16H2,1-6H3,(H,29,34). The van der Waals surface area contributed by atoms with Crippen molar-refractivity contribution in [1.29, 1.82) is 0 Å². The van der Waals surface area contributed by atoms with Gasteiger partial charge in [0.2, 0.25) is 0 Å². The third-order valence-corrected chi connectivity index (χ3v) is 8.46. The van der Waals surface area contributed by atoms with Gasteiger partial charge in [0.25, 0.3) is 5.91 Å².